The summed E-state index contributed by atoms with van der Waals surface area (Å²) in [7, 11) is 0. The number of carbonyl (C=O) groups excluding carboxylic acids is 1. The Morgan fingerprint density at radius 3 is 2.95 bits per heavy atom. The quantitative estimate of drug-likeness (QED) is 0.869. The Kier molecular flexibility index (Phi) is 4.45. The van der Waals surface area contributed by atoms with Crippen LogP contribution < -0.4 is 11.1 Å². The highest BCUT2D eigenvalue weighted by molar-refractivity contribution is 6.31. The first-order valence-corrected chi connectivity index (χ1v) is 6.81. The predicted molar refractivity (Wildman–Crippen MR) is 75.3 cm³/mol. The first kappa shape index (κ1) is 14.3. The van der Waals surface area contributed by atoms with Crippen molar-refractivity contribution in [3.8, 4) is 0 Å². The first-order valence-electron chi connectivity index (χ1n) is 6.43. The van der Waals surface area contributed by atoms with Crippen molar-refractivity contribution < 1.29 is 9.53 Å². The lowest BCUT2D eigenvalue weighted by atomic mass is 10.0. The van der Waals surface area contributed by atoms with E-state index in [1.165, 1.54) is 0 Å². The summed E-state index contributed by atoms with van der Waals surface area (Å²) in [5.74, 6) is -0.465. The maximum Gasteiger partial charge on any atom is 0.248 e. The minimum absolute atomic E-state index is 0.0698. The van der Waals surface area contributed by atoms with Gasteiger partial charge < -0.3 is 15.8 Å². The zero-order valence-electron chi connectivity index (χ0n) is 11.0. The number of amides is 1. The number of carbonyl (C=O) groups is 1. The number of nitrogens with two attached hydrogens (primary N) is 1. The van der Waals surface area contributed by atoms with Gasteiger partial charge >= 0.3 is 0 Å². The lowest BCUT2D eigenvalue weighted by Gasteiger charge is -2.23. The molecular weight excluding hydrogens is 264 g/mol. The van der Waals surface area contributed by atoms with Crippen LogP contribution in [0.15, 0.2) is 18.2 Å². The number of halogens is 1. The minimum Gasteiger partial charge on any atom is -0.374 e. The second kappa shape index (κ2) is 5.90. The van der Waals surface area contributed by atoms with E-state index in [2.05, 4.69) is 12.2 Å². The first-order chi connectivity index (χ1) is 9.00. The van der Waals surface area contributed by atoms with Crippen LogP contribution in [-0.2, 0) is 11.3 Å². The van der Waals surface area contributed by atoms with Crippen LogP contribution in [0, 0.1) is 0 Å². The highest BCUT2D eigenvalue weighted by Gasteiger charge is 2.28. The zero-order chi connectivity index (χ0) is 13.9. The van der Waals surface area contributed by atoms with E-state index in [1.807, 2.05) is 6.07 Å². The Hall–Kier alpha value is -1.10. The van der Waals surface area contributed by atoms with Crippen LogP contribution in [0.3, 0.4) is 0 Å². The molecule has 0 radical (unpaired) electrons. The third-order valence-corrected chi connectivity index (χ3v) is 3.80. The average Bonchev–Trinajstić information content (AvgIpc) is 2.78. The molecular formula is C14H19ClN2O2. The molecule has 1 amide bonds. The largest absolute Gasteiger partial charge is 0.374 e. The summed E-state index contributed by atoms with van der Waals surface area (Å²) < 4.78 is 5.70. The smallest absolute Gasteiger partial charge is 0.248 e. The van der Waals surface area contributed by atoms with Crippen molar-refractivity contribution >= 4 is 17.5 Å². The number of nitrogens with one attached hydrogen (secondary N) is 1. The molecule has 1 aliphatic rings. The summed E-state index contributed by atoms with van der Waals surface area (Å²) in [6.45, 7) is 4.40. The van der Waals surface area contributed by atoms with E-state index < -0.39 is 5.91 Å². The molecule has 1 heterocycles. The van der Waals surface area contributed by atoms with Crippen LogP contribution in [0.2, 0.25) is 5.02 Å². The van der Waals surface area contributed by atoms with Gasteiger partial charge in [0.25, 0.3) is 0 Å². The Balaban J connectivity index is 1.91. The maximum atomic E-state index is 11.0. The molecule has 19 heavy (non-hydrogen) atoms. The lowest BCUT2D eigenvalue weighted by Crippen LogP contribution is -2.36. The Morgan fingerprint density at radius 1 is 1.58 bits per heavy atom. The van der Waals surface area contributed by atoms with E-state index in [1.54, 1.807) is 12.1 Å². The maximum absolute atomic E-state index is 11.0. The second-order valence-electron chi connectivity index (χ2n) is 5.18. The van der Waals surface area contributed by atoms with E-state index in [0.29, 0.717) is 17.1 Å². The molecule has 1 aliphatic heterocycles. The van der Waals surface area contributed by atoms with Crippen LogP contribution in [0.4, 0.5) is 0 Å². The summed E-state index contributed by atoms with van der Waals surface area (Å²) in [6, 6.07) is 5.13. The van der Waals surface area contributed by atoms with Crippen molar-refractivity contribution in [1.82, 2.24) is 5.32 Å². The van der Waals surface area contributed by atoms with Gasteiger partial charge in [-0.05, 0) is 37.5 Å². The molecule has 5 heteroatoms. The van der Waals surface area contributed by atoms with Crippen LogP contribution in [-0.4, -0.2) is 24.7 Å². The molecule has 1 saturated heterocycles. The fourth-order valence-electron chi connectivity index (χ4n) is 2.28. The standard InChI is InChI=1S/C14H19ClN2O2/c1-14(5-2-6-19-14)9-17-8-11-4-3-10(13(16)18)7-12(11)15/h3-4,7,17H,2,5-6,8-9H2,1H3,(H2,16,18). The van der Waals surface area contributed by atoms with Gasteiger partial charge in [0.05, 0.1) is 5.60 Å². The van der Waals surface area contributed by atoms with Crippen molar-refractivity contribution in [1.29, 1.82) is 0 Å². The number of rotatable bonds is 5. The van der Waals surface area contributed by atoms with E-state index in [0.717, 1.165) is 31.6 Å². The minimum atomic E-state index is -0.465. The van der Waals surface area contributed by atoms with Gasteiger partial charge in [0, 0.05) is 30.3 Å². The van der Waals surface area contributed by atoms with E-state index in [-0.39, 0.29) is 5.60 Å². The number of hydrogen-bond acceptors (Lipinski definition) is 3. The van der Waals surface area contributed by atoms with Gasteiger partial charge in [-0.2, -0.15) is 0 Å². The van der Waals surface area contributed by atoms with Crippen LogP contribution in [0.1, 0.15) is 35.7 Å². The van der Waals surface area contributed by atoms with E-state index in [4.69, 9.17) is 22.1 Å². The van der Waals surface area contributed by atoms with Crippen molar-refractivity contribution in [2.24, 2.45) is 5.73 Å². The molecule has 0 aromatic heterocycles. The Bertz CT molecular complexity index is 471. The number of hydrogen-bond donors (Lipinski definition) is 2. The number of primary amides is 1. The van der Waals surface area contributed by atoms with E-state index >= 15 is 0 Å². The Labute approximate surface area is 118 Å². The van der Waals surface area contributed by atoms with Crippen LogP contribution in [0.5, 0.6) is 0 Å². The molecule has 104 valence electrons. The van der Waals surface area contributed by atoms with Gasteiger partial charge in [0.2, 0.25) is 5.91 Å². The van der Waals surface area contributed by atoms with Crippen molar-refractivity contribution in [2.75, 3.05) is 13.2 Å². The molecule has 0 aliphatic carbocycles. The topological polar surface area (TPSA) is 64.3 Å². The molecule has 0 saturated carbocycles. The summed E-state index contributed by atoms with van der Waals surface area (Å²) >= 11 is 6.12. The molecule has 1 atom stereocenters. The van der Waals surface area contributed by atoms with Gasteiger partial charge in [0.15, 0.2) is 0 Å². The van der Waals surface area contributed by atoms with Gasteiger partial charge in [-0.3, -0.25) is 4.79 Å². The second-order valence-corrected chi connectivity index (χ2v) is 5.58. The monoisotopic (exact) mass is 282 g/mol. The SMILES string of the molecule is CC1(CNCc2ccc(C(N)=O)cc2Cl)CCCO1. The molecule has 0 spiro atoms. The molecule has 1 fully saturated rings. The number of ether oxygens (including phenoxy) is 1. The molecule has 1 aromatic rings. The van der Waals surface area contributed by atoms with Crippen molar-refractivity contribution in [3.05, 3.63) is 34.3 Å². The van der Waals surface area contributed by atoms with Gasteiger partial charge in [-0.1, -0.05) is 17.7 Å². The normalized spacial score (nSPS) is 22.6. The lowest BCUT2D eigenvalue weighted by molar-refractivity contribution is 0.0207. The van der Waals surface area contributed by atoms with Crippen LogP contribution in [0.25, 0.3) is 0 Å². The third kappa shape index (κ3) is 3.69. The van der Waals surface area contributed by atoms with Crippen molar-refractivity contribution in [3.63, 3.8) is 0 Å². The van der Waals surface area contributed by atoms with Gasteiger partial charge in [-0.25, -0.2) is 0 Å². The summed E-state index contributed by atoms with van der Waals surface area (Å²) in [4.78, 5) is 11.0. The molecule has 1 aromatic carbocycles. The molecule has 3 N–H and O–H groups in total. The Morgan fingerprint density at radius 2 is 2.37 bits per heavy atom. The highest BCUT2D eigenvalue weighted by atomic mass is 35.5. The van der Waals surface area contributed by atoms with E-state index in [9.17, 15) is 4.79 Å². The summed E-state index contributed by atoms with van der Waals surface area (Å²) in [6.07, 6.45) is 2.20. The zero-order valence-corrected chi connectivity index (χ0v) is 11.8. The average molecular weight is 283 g/mol. The highest BCUT2D eigenvalue weighted by Crippen LogP contribution is 2.24. The molecule has 0 bridgehead atoms. The fourth-order valence-corrected chi connectivity index (χ4v) is 2.53. The predicted octanol–water partition coefficient (Wildman–Crippen LogP) is 2.10. The summed E-state index contributed by atoms with van der Waals surface area (Å²) in [5, 5.41) is 3.90. The molecule has 4 nitrogen and oxygen atoms in total. The third-order valence-electron chi connectivity index (χ3n) is 3.45. The van der Waals surface area contributed by atoms with Gasteiger partial charge in [0.1, 0.15) is 0 Å². The molecule has 2 rings (SSSR count). The number of benzene rings is 1. The van der Waals surface area contributed by atoms with Crippen molar-refractivity contribution in [2.45, 2.75) is 31.9 Å². The molecule has 1 unspecified atom stereocenters. The van der Waals surface area contributed by atoms with Crippen LogP contribution >= 0.6 is 11.6 Å². The van der Waals surface area contributed by atoms with Gasteiger partial charge in [-0.15, -0.1) is 0 Å². The summed E-state index contributed by atoms with van der Waals surface area (Å²) in [5.41, 5.74) is 6.52. The fraction of sp³-hybridized carbons (Fsp3) is 0.500.